The second-order valence-corrected chi connectivity index (χ2v) is 10.1. The predicted octanol–water partition coefficient (Wildman–Crippen LogP) is 1.94. The molecule has 6 nitrogen and oxygen atoms in total. The fraction of sp³-hybridized carbons (Fsp3) is 0.944. The van der Waals surface area contributed by atoms with Crippen LogP contribution in [0.4, 0.5) is 0 Å². The van der Waals surface area contributed by atoms with E-state index in [9.17, 15) is 13.5 Å². The lowest BCUT2D eigenvalue weighted by atomic mass is 9.87. The van der Waals surface area contributed by atoms with E-state index in [2.05, 4.69) is 15.2 Å². The van der Waals surface area contributed by atoms with Crippen molar-refractivity contribution in [2.75, 3.05) is 31.9 Å². The Kier molecular flexibility index (Phi) is 6.76. The topological polar surface area (TPSA) is 82.0 Å². The van der Waals surface area contributed by atoms with E-state index in [4.69, 9.17) is 0 Å². The van der Waals surface area contributed by atoms with Gasteiger partial charge in [-0.15, -0.1) is 0 Å². The van der Waals surface area contributed by atoms with E-state index in [1.807, 2.05) is 20.8 Å². The monoisotopic (exact) mass is 373 g/mol. The quantitative estimate of drug-likeness (QED) is 0.568. The first-order valence-electron chi connectivity index (χ1n) is 9.79. The van der Waals surface area contributed by atoms with Crippen LogP contribution in [0.3, 0.4) is 0 Å². The van der Waals surface area contributed by atoms with Crippen LogP contribution in [0.15, 0.2) is 4.99 Å². The summed E-state index contributed by atoms with van der Waals surface area (Å²) >= 11 is 0. The Labute approximate surface area is 153 Å². The SMILES string of the molecule is CCNC(=NCC(O)(CC)CC)N1CCS(=O)(=O)C2(CCCCC2)C1. The van der Waals surface area contributed by atoms with E-state index in [0.29, 0.717) is 32.5 Å². The Morgan fingerprint density at radius 2 is 1.84 bits per heavy atom. The highest BCUT2D eigenvalue weighted by molar-refractivity contribution is 7.92. The van der Waals surface area contributed by atoms with Gasteiger partial charge in [0.15, 0.2) is 15.8 Å². The summed E-state index contributed by atoms with van der Waals surface area (Å²) in [5.41, 5.74) is -0.787. The highest BCUT2D eigenvalue weighted by Gasteiger charge is 2.48. The Balaban J connectivity index is 2.21. The molecule has 2 N–H and O–H groups in total. The maximum atomic E-state index is 12.8. The van der Waals surface area contributed by atoms with Gasteiger partial charge in [-0.05, 0) is 32.6 Å². The minimum absolute atomic E-state index is 0.198. The van der Waals surface area contributed by atoms with Crippen LogP contribution in [-0.2, 0) is 9.84 Å². The molecule has 0 amide bonds. The molecule has 0 unspecified atom stereocenters. The molecule has 25 heavy (non-hydrogen) atoms. The third-order valence-electron chi connectivity index (χ3n) is 6.01. The second kappa shape index (κ2) is 8.25. The summed E-state index contributed by atoms with van der Waals surface area (Å²) in [6.07, 6.45) is 5.96. The van der Waals surface area contributed by atoms with Gasteiger partial charge < -0.3 is 15.3 Å². The average molecular weight is 374 g/mol. The largest absolute Gasteiger partial charge is 0.388 e. The van der Waals surface area contributed by atoms with Crippen LogP contribution in [0.1, 0.15) is 65.7 Å². The molecule has 2 rings (SSSR count). The zero-order valence-electron chi connectivity index (χ0n) is 16.1. The minimum atomic E-state index is -3.05. The van der Waals surface area contributed by atoms with Crippen molar-refractivity contribution in [1.29, 1.82) is 0 Å². The van der Waals surface area contributed by atoms with Crippen molar-refractivity contribution in [3.8, 4) is 0 Å². The summed E-state index contributed by atoms with van der Waals surface area (Å²) in [5.74, 6) is 0.936. The van der Waals surface area contributed by atoms with Gasteiger partial charge in [0.25, 0.3) is 0 Å². The minimum Gasteiger partial charge on any atom is -0.388 e. The summed E-state index contributed by atoms with van der Waals surface area (Å²) in [7, 11) is -3.05. The van der Waals surface area contributed by atoms with Crippen LogP contribution >= 0.6 is 0 Å². The third kappa shape index (κ3) is 4.48. The number of aliphatic imine (C=N–C) groups is 1. The van der Waals surface area contributed by atoms with Crippen LogP contribution in [0.5, 0.6) is 0 Å². The summed E-state index contributed by atoms with van der Waals surface area (Å²) in [4.78, 5) is 6.76. The number of nitrogens with one attached hydrogen (secondary N) is 1. The molecule has 0 bridgehead atoms. The number of nitrogens with zero attached hydrogens (tertiary/aromatic N) is 2. The van der Waals surface area contributed by atoms with E-state index in [0.717, 1.165) is 44.6 Å². The molecule has 1 aliphatic heterocycles. The average Bonchev–Trinajstić information content (AvgIpc) is 2.62. The van der Waals surface area contributed by atoms with E-state index in [-0.39, 0.29) is 5.75 Å². The molecule has 1 spiro atoms. The number of sulfone groups is 1. The summed E-state index contributed by atoms with van der Waals surface area (Å²) < 4.78 is 24.9. The zero-order valence-corrected chi connectivity index (χ0v) is 16.9. The van der Waals surface area contributed by atoms with Gasteiger partial charge in [-0.25, -0.2) is 8.42 Å². The molecule has 0 atom stereocenters. The lowest BCUT2D eigenvalue weighted by Crippen LogP contribution is -2.60. The fourth-order valence-corrected chi connectivity index (χ4v) is 6.10. The van der Waals surface area contributed by atoms with Crippen molar-refractivity contribution in [3.63, 3.8) is 0 Å². The van der Waals surface area contributed by atoms with Gasteiger partial charge in [-0.3, -0.25) is 4.99 Å². The van der Waals surface area contributed by atoms with Crippen LogP contribution in [0.25, 0.3) is 0 Å². The molecule has 0 aromatic heterocycles. The van der Waals surface area contributed by atoms with Gasteiger partial charge in [0.05, 0.1) is 22.6 Å². The van der Waals surface area contributed by atoms with Crippen molar-refractivity contribution in [2.45, 2.75) is 76.1 Å². The van der Waals surface area contributed by atoms with Gasteiger partial charge >= 0.3 is 0 Å². The number of aliphatic hydroxyl groups is 1. The predicted molar refractivity (Wildman–Crippen MR) is 103 cm³/mol. The normalized spacial score (nSPS) is 23.7. The number of guanidine groups is 1. The van der Waals surface area contributed by atoms with E-state index in [1.165, 1.54) is 0 Å². The molecule has 146 valence electrons. The molecule has 7 heteroatoms. The van der Waals surface area contributed by atoms with Crippen molar-refractivity contribution in [2.24, 2.45) is 4.99 Å². The molecular formula is C18H35N3O3S. The molecular weight excluding hydrogens is 338 g/mol. The molecule has 2 aliphatic rings. The molecule has 0 aromatic carbocycles. The number of hydrogen-bond acceptors (Lipinski definition) is 4. The maximum absolute atomic E-state index is 12.8. The Bertz CT molecular complexity index is 564. The van der Waals surface area contributed by atoms with E-state index in [1.54, 1.807) is 0 Å². The number of hydrogen-bond donors (Lipinski definition) is 2. The van der Waals surface area contributed by atoms with Crippen molar-refractivity contribution < 1.29 is 13.5 Å². The summed E-state index contributed by atoms with van der Waals surface area (Å²) in [6.45, 7) is 8.03. The van der Waals surface area contributed by atoms with E-state index < -0.39 is 20.2 Å². The van der Waals surface area contributed by atoms with Gasteiger partial charge in [-0.1, -0.05) is 33.1 Å². The van der Waals surface area contributed by atoms with Crippen molar-refractivity contribution in [1.82, 2.24) is 10.2 Å². The van der Waals surface area contributed by atoms with Crippen LogP contribution < -0.4 is 5.32 Å². The molecule has 0 aromatic rings. The van der Waals surface area contributed by atoms with Crippen molar-refractivity contribution >= 4 is 15.8 Å². The second-order valence-electron chi connectivity index (χ2n) is 7.59. The first-order valence-corrected chi connectivity index (χ1v) is 11.4. The van der Waals surface area contributed by atoms with Crippen LogP contribution in [-0.4, -0.2) is 66.7 Å². The Morgan fingerprint density at radius 3 is 2.40 bits per heavy atom. The molecule has 0 radical (unpaired) electrons. The summed E-state index contributed by atoms with van der Waals surface area (Å²) in [5, 5.41) is 13.8. The lowest BCUT2D eigenvalue weighted by molar-refractivity contribution is 0.0415. The summed E-state index contributed by atoms with van der Waals surface area (Å²) in [6, 6.07) is 0. The molecule has 1 saturated carbocycles. The highest BCUT2D eigenvalue weighted by atomic mass is 32.2. The Hall–Kier alpha value is -0.820. The van der Waals surface area contributed by atoms with Gasteiger partial charge in [0.2, 0.25) is 0 Å². The molecule has 2 fully saturated rings. The third-order valence-corrected chi connectivity index (χ3v) is 8.58. The standard InChI is InChI=1S/C18H35N3O3S/c1-4-17(22,5-2)14-20-16(19-6-3)21-12-13-25(23,24)18(15-21)10-8-7-9-11-18/h22H,4-15H2,1-3H3,(H,19,20). The fourth-order valence-electron chi connectivity index (χ4n) is 3.94. The highest BCUT2D eigenvalue weighted by Crippen LogP contribution is 2.38. The molecule has 1 aliphatic carbocycles. The smallest absolute Gasteiger partial charge is 0.194 e. The van der Waals surface area contributed by atoms with Crippen LogP contribution in [0, 0.1) is 0 Å². The zero-order chi connectivity index (χ0) is 18.6. The first kappa shape index (κ1) is 20.5. The van der Waals surface area contributed by atoms with Gasteiger partial charge in [0.1, 0.15) is 0 Å². The van der Waals surface area contributed by atoms with E-state index >= 15 is 0 Å². The van der Waals surface area contributed by atoms with Gasteiger partial charge in [0, 0.05) is 19.6 Å². The molecule has 1 heterocycles. The Morgan fingerprint density at radius 1 is 1.20 bits per heavy atom. The van der Waals surface area contributed by atoms with Crippen molar-refractivity contribution in [3.05, 3.63) is 0 Å². The molecule has 1 saturated heterocycles. The van der Waals surface area contributed by atoms with Gasteiger partial charge in [-0.2, -0.15) is 0 Å². The number of rotatable bonds is 5. The van der Waals surface area contributed by atoms with Crippen LogP contribution in [0.2, 0.25) is 0 Å². The first-order chi connectivity index (χ1) is 11.8. The lowest BCUT2D eigenvalue weighted by Gasteiger charge is -2.45. The maximum Gasteiger partial charge on any atom is 0.194 e.